The molecule has 1 N–H and O–H groups in total. The minimum absolute atomic E-state index is 0.171. The Balaban J connectivity index is 2.41. The highest BCUT2D eigenvalue weighted by Crippen LogP contribution is 2.36. The zero-order chi connectivity index (χ0) is 10.7. The zero-order valence-corrected chi connectivity index (χ0v) is 9.49. The molecule has 1 rings (SSSR count). The van der Waals surface area contributed by atoms with Gasteiger partial charge in [-0.15, -0.1) is 0 Å². The second kappa shape index (κ2) is 4.81. The Bertz CT molecular complexity index is 200. The molecule has 1 fully saturated rings. The predicted molar refractivity (Wildman–Crippen MR) is 57.1 cm³/mol. The number of carboxylic acids is 1. The summed E-state index contributed by atoms with van der Waals surface area (Å²) in [6, 6.07) is 0. The summed E-state index contributed by atoms with van der Waals surface area (Å²) < 4.78 is 0. The molecule has 0 amide bonds. The second-order valence-corrected chi connectivity index (χ2v) is 5.13. The van der Waals surface area contributed by atoms with E-state index < -0.39 is 5.97 Å². The molecule has 0 aromatic carbocycles. The summed E-state index contributed by atoms with van der Waals surface area (Å²) in [5.41, 5.74) is 0. The Morgan fingerprint density at radius 3 is 2.57 bits per heavy atom. The fourth-order valence-corrected chi connectivity index (χ4v) is 2.63. The molecule has 0 saturated heterocycles. The molecule has 2 heteroatoms. The SMILES string of the molecule is CC1CCC(CC(C)C(=O)O)C(C)C1. The van der Waals surface area contributed by atoms with Crippen LogP contribution in [-0.4, -0.2) is 11.1 Å². The highest BCUT2D eigenvalue weighted by Gasteiger charge is 2.28. The van der Waals surface area contributed by atoms with Crippen molar-refractivity contribution in [1.82, 2.24) is 0 Å². The van der Waals surface area contributed by atoms with Crippen molar-refractivity contribution in [2.24, 2.45) is 23.7 Å². The largest absolute Gasteiger partial charge is 0.481 e. The van der Waals surface area contributed by atoms with Crippen molar-refractivity contribution in [3.8, 4) is 0 Å². The van der Waals surface area contributed by atoms with Crippen molar-refractivity contribution in [3.63, 3.8) is 0 Å². The predicted octanol–water partition coefficient (Wildman–Crippen LogP) is 3.17. The third-order valence-electron chi connectivity index (χ3n) is 3.69. The van der Waals surface area contributed by atoms with Crippen LogP contribution in [0.15, 0.2) is 0 Å². The van der Waals surface area contributed by atoms with Gasteiger partial charge in [-0.05, 0) is 37.0 Å². The summed E-state index contributed by atoms with van der Waals surface area (Å²) >= 11 is 0. The Kier molecular flexibility index (Phi) is 3.97. The molecule has 0 aliphatic heterocycles. The quantitative estimate of drug-likeness (QED) is 0.756. The van der Waals surface area contributed by atoms with Crippen LogP contribution < -0.4 is 0 Å². The molecule has 1 aliphatic rings. The van der Waals surface area contributed by atoms with Crippen molar-refractivity contribution >= 4 is 5.97 Å². The number of carboxylic acid groups (broad SMARTS) is 1. The van der Waals surface area contributed by atoms with Gasteiger partial charge in [0.25, 0.3) is 0 Å². The summed E-state index contributed by atoms with van der Waals surface area (Å²) in [6.45, 7) is 6.40. The molecule has 0 heterocycles. The lowest BCUT2D eigenvalue weighted by Crippen LogP contribution is -2.25. The Morgan fingerprint density at radius 2 is 2.07 bits per heavy atom. The normalized spacial score (nSPS) is 35.2. The lowest BCUT2D eigenvalue weighted by Gasteiger charge is -2.33. The third-order valence-corrected chi connectivity index (χ3v) is 3.69. The van der Waals surface area contributed by atoms with Gasteiger partial charge in [-0.3, -0.25) is 4.79 Å². The lowest BCUT2D eigenvalue weighted by molar-refractivity contribution is -0.141. The molecule has 0 spiro atoms. The Morgan fingerprint density at radius 1 is 1.43 bits per heavy atom. The summed E-state index contributed by atoms with van der Waals surface area (Å²) in [6.07, 6.45) is 4.64. The molecule has 0 radical (unpaired) electrons. The average molecular weight is 198 g/mol. The molecule has 0 bridgehead atoms. The van der Waals surface area contributed by atoms with Crippen molar-refractivity contribution < 1.29 is 9.90 Å². The number of carbonyl (C=O) groups is 1. The molecule has 82 valence electrons. The third kappa shape index (κ3) is 3.00. The molecule has 2 nitrogen and oxygen atoms in total. The van der Waals surface area contributed by atoms with E-state index in [9.17, 15) is 4.79 Å². The number of hydrogen-bond acceptors (Lipinski definition) is 1. The summed E-state index contributed by atoms with van der Waals surface area (Å²) in [5.74, 6) is 1.37. The zero-order valence-electron chi connectivity index (χ0n) is 9.49. The first-order chi connectivity index (χ1) is 6.50. The van der Waals surface area contributed by atoms with Gasteiger partial charge in [0.15, 0.2) is 0 Å². The maximum atomic E-state index is 10.7. The molecular weight excluding hydrogens is 176 g/mol. The van der Waals surface area contributed by atoms with Crippen molar-refractivity contribution in [1.29, 1.82) is 0 Å². The number of hydrogen-bond donors (Lipinski definition) is 1. The van der Waals surface area contributed by atoms with Gasteiger partial charge < -0.3 is 5.11 Å². The number of aliphatic carboxylic acids is 1. The topological polar surface area (TPSA) is 37.3 Å². The van der Waals surface area contributed by atoms with Crippen LogP contribution in [0.25, 0.3) is 0 Å². The van der Waals surface area contributed by atoms with E-state index in [2.05, 4.69) is 13.8 Å². The van der Waals surface area contributed by atoms with Crippen LogP contribution in [0.5, 0.6) is 0 Å². The minimum Gasteiger partial charge on any atom is -0.481 e. The highest BCUT2D eigenvalue weighted by molar-refractivity contribution is 5.69. The van der Waals surface area contributed by atoms with E-state index in [1.807, 2.05) is 6.92 Å². The van der Waals surface area contributed by atoms with E-state index >= 15 is 0 Å². The molecule has 0 aromatic heterocycles. The van der Waals surface area contributed by atoms with Gasteiger partial charge in [-0.1, -0.05) is 27.2 Å². The van der Waals surface area contributed by atoms with E-state index in [1.54, 1.807) is 0 Å². The van der Waals surface area contributed by atoms with E-state index in [-0.39, 0.29) is 5.92 Å². The van der Waals surface area contributed by atoms with Gasteiger partial charge >= 0.3 is 5.97 Å². The van der Waals surface area contributed by atoms with Crippen LogP contribution in [0.4, 0.5) is 0 Å². The van der Waals surface area contributed by atoms with E-state index in [0.29, 0.717) is 11.8 Å². The van der Waals surface area contributed by atoms with Crippen LogP contribution >= 0.6 is 0 Å². The first kappa shape index (κ1) is 11.5. The highest BCUT2D eigenvalue weighted by atomic mass is 16.4. The summed E-state index contributed by atoms with van der Waals surface area (Å²) in [4.78, 5) is 10.7. The van der Waals surface area contributed by atoms with E-state index in [0.717, 1.165) is 12.3 Å². The van der Waals surface area contributed by atoms with Gasteiger partial charge in [0.05, 0.1) is 5.92 Å². The smallest absolute Gasteiger partial charge is 0.306 e. The maximum Gasteiger partial charge on any atom is 0.306 e. The van der Waals surface area contributed by atoms with Crippen molar-refractivity contribution in [2.45, 2.75) is 46.5 Å². The standard InChI is InChI=1S/C12H22O2/c1-8-4-5-11(9(2)6-8)7-10(3)12(13)14/h8-11H,4-7H2,1-3H3,(H,13,14). The van der Waals surface area contributed by atoms with Gasteiger partial charge in [0, 0.05) is 0 Å². The molecule has 4 atom stereocenters. The molecular formula is C12H22O2. The molecule has 4 unspecified atom stereocenters. The average Bonchev–Trinajstić information content (AvgIpc) is 2.09. The first-order valence-corrected chi connectivity index (χ1v) is 5.73. The second-order valence-electron chi connectivity index (χ2n) is 5.13. The van der Waals surface area contributed by atoms with Gasteiger partial charge in [0.2, 0.25) is 0 Å². The van der Waals surface area contributed by atoms with Crippen LogP contribution in [0.3, 0.4) is 0 Å². The van der Waals surface area contributed by atoms with Crippen molar-refractivity contribution in [3.05, 3.63) is 0 Å². The molecule has 14 heavy (non-hydrogen) atoms. The van der Waals surface area contributed by atoms with E-state index in [4.69, 9.17) is 5.11 Å². The lowest BCUT2D eigenvalue weighted by atomic mass is 9.72. The summed E-state index contributed by atoms with van der Waals surface area (Å²) in [5, 5.41) is 8.85. The minimum atomic E-state index is -0.643. The van der Waals surface area contributed by atoms with Gasteiger partial charge in [-0.25, -0.2) is 0 Å². The first-order valence-electron chi connectivity index (χ1n) is 5.73. The summed E-state index contributed by atoms with van der Waals surface area (Å²) in [7, 11) is 0. The Labute approximate surface area is 86.7 Å². The van der Waals surface area contributed by atoms with Crippen LogP contribution in [-0.2, 0) is 4.79 Å². The Hall–Kier alpha value is -0.530. The molecule has 0 aromatic rings. The fraction of sp³-hybridized carbons (Fsp3) is 0.917. The fourth-order valence-electron chi connectivity index (χ4n) is 2.63. The van der Waals surface area contributed by atoms with Crippen LogP contribution in [0, 0.1) is 23.7 Å². The maximum absolute atomic E-state index is 10.7. The molecule has 1 aliphatic carbocycles. The monoisotopic (exact) mass is 198 g/mol. The van der Waals surface area contributed by atoms with Crippen LogP contribution in [0.2, 0.25) is 0 Å². The van der Waals surface area contributed by atoms with Crippen molar-refractivity contribution in [2.75, 3.05) is 0 Å². The van der Waals surface area contributed by atoms with Crippen LogP contribution in [0.1, 0.15) is 46.5 Å². The molecule has 1 saturated carbocycles. The van der Waals surface area contributed by atoms with Gasteiger partial charge in [-0.2, -0.15) is 0 Å². The van der Waals surface area contributed by atoms with E-state index in [1.165, 1.54) is 19.3 Å². The number of rotatable bonds is 3. The van der Waals surface area contributed by atoms with Gasteiger partial charge in [0.1, 0.15) is 0 Å².